The summed E-state index contributed by atoms with van der Waals surface area (Å²) >= 11 is 0. The summed E-state index contributed by atoms with van der Waals surface area (Å²) in [5, 5.41) is 22.4. The molecule has 0 aromatic heterocycles. The molecule has 6 atom stereocenters. The number of ether oxygens (including phenoxy) is 2. The van der Waals surface area contributed by atoms with Crippen molar-refractivity contribution >= 4 is 23.9 Å². The van der Waals surface area contributed by atoms with Crippen LogP contribution in [-0.4, -0.2) is 56.9 Å². The summed E-state index contributed by atoms with van der Waals surface area (Å²) in [6, 6.07) is 0. The second-order valence-corrected chi connectivity index (χ2v) is 16.3. The summed E-state index contributed by atoms with van der Waals surface area (Å²) < 4.78 is 10.6. The Balaban J connectivity index is 1.21. The second kappa shape index (κ2) is 10.6. The molecule has 4 saturated carbocycles. The van der Waals surface area contributed by atoms with Crippen molar-refractivity contribution in [1.29, 1.82) is 0 Å². The van der Waals surface area contributed by atoms with Crippen LogP contribution in [-0.2, 0) is 48.2 Å². The predicted molar refractivity (Wildman–Crippen MR) is 152 cm³/mol. The molecule has 4 aliphatic rings. The van der Waals surface area contributed by atoms with Crippen LogP contribution < -0.4 is 0 Å². The quantitative estimate of drug-likeness (QED) is 0.122. The molecule has 0 aromatic carbocycles. The molecule has 4 bridgehead atoms. The molecular formula is C32H50O12. The van der Waals surface area contributed by atoms with Crippen molar-refractivity contribution in [2.75, 3.05) is 0 Å². The fourth-order valence-electron chi connectivity index (χ4n) is 8.18. The molecular weight excluding hydrogens is 576 g/mol. The van der Waals surface area contributed by atoms with Crippen LogP contribution in [0.1, 0.15) is 121 Å². The van der Waals surface area contributed by atoms with E-state index in [0.717, 1.165) is 12.8 Å². The highest BCUT2D eigenvalue weighted by atomic mass is 17.2. The van der Waals surface area contributed by atoms with Gasteiger partial charge in [0, 0.05) is 23.7 Å². The van der Waals surface area contributed by atoms with E-state index in [-0.39, 0.29) is 48.3 Å². The third-order valence-corrected chi connectivity index (χ3v) is 12.5. The first kappa shape index (κ1) is 34.6. The fourth-order valence-corrected chi connectivity index (χ4v) is 8.18. The topological polar surface area (TPSA) is 164 Å². The van der Waals surface area contributed by atoms with Crippen molar-refractivity contribution < 1.29 is 58.4 Å². The zero-order valence-electron chi connectivity index (χ0n) is 27.8. The van der Waals surface area contributed by atoms with Crippen LogP contribution in [0.15, 0.2) is 0 Å². The number of hydrogen-bond acceptors (Lipinski definition) is 12. The van der Waals surface area contributed by atoms with Crippen LogP contribution in [0.5, 0.6) is 0 Å². The van der Waals surface area contributed by atoms with Gasteiger partial charge in [0.1, 0.15) is 11.2 Å². The Bertz CT molecular complexity index is 1110. The summed E-state index contributed by atoms with van der Waals surface area (Å²) in [6.07, 6.45) is 4.07. The molecule has 0 aromatic rings. The minimum atomic E-state index is -1.78. The Labute approximate surface area is 259 Å². The van der Waals surface area contributed by atoms with Gasteiger partial charge in [0.2, 0.25) is 11.6 Å². The lowest BCUT2D eigenvalue weighted by Crippen LogP contribution is -2.51. The maximum atomic E-state index is 12.5. The SMILES string of the molecule is CC(C)(CCC(C)(C)OOC(=O)C(=O)OC1(O)CC2CCC1(C)C2(C)C)OOC(=O)C(=O)OC1(O)CC2CCC1(C)C2(C)C. The van der Waals surface area contributed by atoms with Gasteiger partial charge < -0.3 is 19.7 Å². The predicted octanol–water partition coefficient (Wildman–Crippen LogP) is 4.43. The Morgan fingerprint density at radius 3 is 1.18 bits per heavy atom. The Kier molecular flexibility index (Phi) is 8.36. The lowest BCUT2D eigenvalue weighted by molar-refractivity contribution is -0.341. The molecule has 0 radical (unpaired) electrons. The fraction of sp³-hybridized carbons (Fsp3) is 0.875. The maximum Gasteiger partial charge on any atom is 0.449 e. The van der Waals surface area contributed by atoms with Crippen LogP contribution in [0.25, 0.3) is 0 Å². The van der Waals surface area contributed by atoms with Crippen molar-refractivity contribution in [2.24, 2.45) is 33.5 Å². The van der Waals surface area contributed by atoms with Crippen LogP contribution >= 0.6 is 0 Å². The van der Waals surface area contributed by atoms with Gasteiger partial charge in [0.25, 0.3) is 0 Å². The van der Waals surface area contributed by atoms with E-state index in [4.69, 9.17) is 29.0 Å². The summed E-state index contributed by atoms with van der Waals surface area (Å²) in [5.41, 5.74) is -4.14. The minimum absolute atomic E-state index is 0.163. The molecule has 12 nitrogen and oxygen atoms in total. The highest BCUT2D eigenvalue weighted by Crippen LogP contribution is 2.71. The van der Waals surface area contributed by atoms with E-state index in [0.29, 0.717) is 12.8 Å². The maximum absolute atomic E-state index is 12.5. The van der Waals surface area contributed by atoms with E-state index in [2.05, 4.69) is 0 Å². The zero-order valence-corrected chi connectivity index (χ0v) is 27.8. The normalized spacial score (nSPS) is 36.6. The van der Waals surface area contributed by atoms with Crippen molar-refractivity contribution in [3.63, 3.8) is 0 Å². The minimum Gasteiger partial charge on any atom is -0.424 e. The summed E-state index contributed by atoms with van der Waals surface area (Å²) in [7, 11) is 0. The van der Waals surface area contributed by atoms with E-state index >= 15 is 0 Å². The molecule has 4 aliphatic carbocycles. The van der Waals surface area contributed by atoms with Gasteiger partial charge in [-0.1, -0.05) is 41.5 Å². The Morgan fingerprint density at radius 1 is 0.614 bits per heavy atom. The lowest BCUT2D eigenvalue weighted by Gasteiger charge is -2.43. The molecule has 4 rings (SSSR count). The third kappa shape index (κ3) is 5.43. The van der Waals surface area contributed by atoms with E-state index in [1.165, 1.54) is 0 Å². The molecule has 0 amide bonds. The zero-order chi connectivity index (χ0) is 33.4. The van der Waals surface area contributed by atoms with E-state index in [1.807, 2.05) is 41.5 Å². The van der Waals surface area contributed by atoms with E-state index in [1.54, 1.807) is 27.7 Å². The van der Waals surface area contributed by atoms with Gasteiger partial charge in [0.15, 0.2) is 0 Å². The van der Waals surface area contributed by atoms with Gasteiger partial charge in [-0.05, 0) is 88.9 Å². The Hall–Kier alpha value is -2.28. The standard InChI is InChI=1S/C32H50O12/c1-25(2,43-41-23(35)21(33)39-31(37)17-19-11-13-29(31,9)27(19,5)6)15-16-26(3,4)44-42-24(36)22(34)40-32(38)18-20-12-14-30(32,10)28(20,7)8/h19-20,37-38H,11-18H2,1-10H3. The van der Waals surface area contributed by atoms with Crippen LogP contribution in [0.2, 0.25) is 0 Å². The van der Waals surface area contributed by atoms with Crippen molar-refractivity contribution in [3.05, 3.63) is 0 Å². The number of rotatable bonds is 9. The molecule has 12 heteroatoms. The van der Waals surface area contributed by atoms with Gasteiger partial charge >= 0.3 is 23.9 Å². The molecule has 0 aliphatic heterocycles. The highest BCUT2D eigenvalue weighted by Gasteiger charge is 2.72. The second-order valence-electron chi connectivity index (χ2n) is 16.3. The molecule has 2 N–H and O–H groups in total. The molecule has 4 fully saturated rings. The number of aliphatic hydroxyl groups is 2. The monoisotopic (exact) mass is 626 g/mol. The van der Waals surface area contributed by atoms with Crippen LogP contribution in [0.3, 0.4) is 0 Å². The number of carbonyl (C=O) groups is 4. The van der Waals surface area contributed by atoms with Crippen LogP contribution in [0.4, 0.5) is 0 Å². The largest absolute Gasteiger partial charge is 0.449 e. The molecule has 0 heterocycles. The molecule has 6 unspecified atom stereocenters. The molecule has 44 heavy (non-hydrogen) atoms. The smallest absolute Gasteiger partial charge is 0.424 e. The first-order chi connectivity index (χ1) is 19.9. The van der Waals surface area contributed by atoms with E-state index in [9.17, 15) is 29.4 Å². The summed E-state index contributed by atoms with van der Waals surface area (Å²) in [6.45, 7) is 18.3. The summed E-state index contributed by atoms with van der Waals surface area (Å²) in [4.78, 5) is 69.9. The number of esters is 2. The van der Waals surface area contributed by atoms with Gasteiger partial charge in [-0.15, -0.1) is 0 Å². The number of carbonyl (C=O) groups excluding carboxylic acids is 4. The van der Waals surface area contributed by atoms with Gasteiger partial charge in [0.05, 0.1) is 0 Å². The first-order valence-corrected chi connectivity index (χ1v) is 15.6. The molecule has 0 saturated heterocycles. The van der Waals surface area contributed by atoms with Crippen molar-refractivity contribution in [3.8, 4) is 0 Å². The Morgan fingerprint density at radius 2 is 0.932 bits per heavy atom. The number of fused-ring (bicyclic) bond motifs is 4. The van der Waals surface area contributed by atoms with Crippen molar-refractivity contribution in [2.45, 2.75) is 143 Å². The average Bonchev–Trinajstić information content (AvgIpc) is 3.39. The third-order valence-electron chi connectivity index (χ3n) is 12.5. The lowest BCUT2D eigenvalue weighted by atomic mass is 9.68. The van der Waals surface area contributed by atoms with Gasteiger partial charge in [-0.2, -0.15) is 9.78 Å². The average molecular weight is 627 g/mol. The van der Waals surface area contributed by atoms with E-state index < -0.39 is 57.5 Å². The molecule has 250 valence electrons. The summed E-state index contributed by atoms with van der Waals surface area (Å²) in [5.74, 6) is -8.71. The number of hydrogen-bond donors (Lipinski definition) is 2. The van der Waals surface area contributed by atoms with Crippen molar-refractivity contribution in [1.82, 2.24) is 0 Å². The van der Waals surface area contributed by atoms with Crippen LogP contribution in [0, 0.1) is 33.5 Å². The van der Waals surface area contributed by atoms with Gasteiger partial charge in [-0.3, -0.25) is 9.78 Å². The highest BCUT2D eigenvalue weighted by molar-refractivity contribution is 6.30. The van der Waals surface area contributed by atoms with Gasteiger partial charge in [-0.25, -0.2) is 19.2 Å². The first-order valence-electron chi connectivity index (χ1n) is 15.6. The molecule has 0 spiro atoms.